The van der Waals surface area contributed by atoms with Gasteiger partial charge in [-0.1, -0.05) is 31.0 Å². The number of hydrogen-bond donors (Lipinski definition) is 1. The molecule has 1 atom stereocenters. The summed E-state index contributed by atoms with van der Waals surface area (Å²) in [5, 5.41) is 9.56. The van der Waals surface area contributed by atoms with Crippen LogP contribution in [-0.2, 0) is 4.79 Å². The third-order valence-corrected chi connectivity index (χ3v) is 2.60. The van der Waals surface area contributed by atoms with Crippen LogP contribution in [0.25, 0.3) is 0 Å². The van der Waals surface area contributed by atoms with Gasteiger partial charge in [-0.25, -0.2) is 0 Å². The Labute approximate surface area is 84.6 Å². The van der Waals surface area contributed by atoms with Crippen molar-refractivity contribution >= 4 is 17.6 Å². The summed E-state index contributed by atoms with van der Waals surface area (Å²) in [6, 6.07) is 0. The number of hydrogen-bond acceptors (Lipinski definition) is 1. The zero-order valence-corrected chi connectivity index (χ0v) is 9.35. The van der Waals surface area contributed by atoms with Gasteiger partial charge in [-0.05, 0) is 26.2 Å². The lowest BCUT2D eigenvalue weighted by molar-refractivity contribution is -0.143. The molecule has 0 rings (SSSR count). The van der Waals surface area contributed by atoms with Crippen LogP contribution in [0.3, 0.4) is 0 Å². The first-order chi connectivity index (χ1) is 5.86. The molecule has 0 bridgehead atoms. The van der Waals surface area contributed by atoms with Gasteiger partial charge in [0.05, 0.1) is 5.92 Å². The molecule has 0 aromatic heterocycles. The van der Waals surface area contributed by atoms with Crippen molar-refractivity contribution in [3.05, 3.63) is 10.6 Å². The van der Waals surface area contributed by atoms with Gasteiger partial charge in [-0.15, -0.1) is 0 Å². The van der Waals surface area contributed by atoms with Crippen molar-refractivity contribution in [1.29, 1.82) is 0 Å². The van der Waals surface area contributed by atoms with Gasteiger partial charge in [0.2, 0.25) is 0 Å². The number of carbonyl (C=O) groups is 1. The molecule has 0 spiro atoms. The quantitative estimate of drug-likeness (QED) is 0.763. The average molecular weight is 205 g/mol. The van der Waals surface area contributed by atoms with E-state index in [0.717, 1.165) is 5.57 Å². The Bertz CT molecular complexity index is 215. The maximum Gasteiger partial charge on any atom is 0.307 e. The zero-order valence-electron chi connectivity index (χ0n) is 8.60. The minimum absolute atomic E-state index is 0.116. The van der Waals surface area contributed by atoms with Crippen LogP contribution < -0.4 is 0 Å². The molecule has 0 saturated heterocycles. The van der Waals surface area contributed by atoms with Crippen LogP contribution in [0.15, 0.2) is 10.6 Å². The Morgan fingerprint density at radius 1 is 1.38 bits per heavy atom. The molecule has 0 radical (unpaired) electrons. The molecule has 0 fully saturated rings. The highest BCUT2D eigenvalue weighted by Crippen LogP contribution is 2.24. The van der Waals surface area contributed by atoms with E-state index in [2.05, 4.69) is 0 Å². The van der Waals surface area contributed by atoms with Crippen LogP contribution in [0.5, 0.6) is 0 Å². The summed E-state index contributed by atoms with van der Waals surface area (Å²) in [5.74, 6) is -1.03. The standard InChI is InChI=1S/C10H17ClO2/c1-6(2)8(10(12)13)5-9(11)7(3)4/h6,8H,5H2,1-4H3,(H,12,13). The van der Waals surface area contributed by atoms with E-state index in [-0.39, 0.29) is 11.8 Å². The monoisotopic (exact) mass is 204 g/mol. The lowest BCUT2D eigenvalue weighted by atomic mass is 9.92. The van der Waals surface area contributed by atoms with E-state index < -0.39 is 5.97 Å². The molecule has 0 heterocycles. The largest absolute Gasteiger partial charge is 0.481 e. The number of allylic oxidation sites excluding steroid dienone is 2. The molecule has 3 heteroatoms. The summed E-state index contributed by atoms with van der Waals surface area (Å²) in [6.45, 7) is 7.57. The molecule has 13 heavy (non-hydrogen) atoms. The van der Waals surface area contributed by atoms with Crippen LogP contribution in [0.4, 0.5) is 0 Å². The number of aliphatic carboxylic acids is 1. The molecule has 0 aliphatic heterocycles. The Morgan fingerprint density at radius 3 is 2.08 bits per heavy atom. The molecule has 2 nitrogen and oxygen atoms in total. The second kappa shape index (κ2) is 5.28. The molecule has 1 unspecified atom stereocenters. The fourth-order valence-corrected chi connectivity index (χ4v) is 1.17. The van der Waals surface area contributed by atoms with Gasteiger partial charge < -0.3 is 5.11 Å². The maximum absolute atomic E-state index is 10.8. The highest BCUT2D eigenvalue weighted by molar-refractivity contribution is 6.30. The fraction of sp³-hybridized carbons (Fsp3) is 0.700. The second-order valence-electron chi connectivity index (χ2n) is 3.80. The summed E-state index contributed by atoms with van der Waals surface area (Å²) in [4.78, 5) is 10.8. The molecule has 0 saturated carbocycles. The minimum Gasteiger partial charge on any atom is -0.481 e. The SMILES string of the molecule is CC(C)=C(Cl)CC(C(=O)O)C(C)C. The number of carboxylic acid groups (broad SMARTS) is 1. The predicted molar refractivity (Wildman–Crippen MR) is 54.8 cm³/mol. The Morgan fingerprint density at radius 2 is 1.85 bits per heavy atom. The van der Waals surface area contributed by atoms with Crippen LogP contribution in [0, 0.1) is 11.8 Å². The Hall–Kier alpha value is -0.500. The van der Waals surface area contributed by atoms with Crippen molar-refractivity contribution in [3.63, 3.8) is 0 Å². The van der Waals surface area contributed by atoms with E-state index in [0.29, 0.717) is 11.5 Å². The van der Waals surface area contributed by atoms with Gasteiger partial charge >= 0.3 is 5.97 Å². The average Bonchev–Trinajstić information content (AvgIpc) is 1.97. The van der Waals surface area contributed by atoms with Crippen molar-refractivity contribution in [2.75, 3.05) is 0 Å². The van der Waals surface area contributed by atoms with Gasteiger partial charge in [-0.3, -0.25) is 4.79 Å². The Kier molecular flexibility index (Phi) is 5.07. The molecule has 0 aliphatic rings. The van der Waals surface area contributed by atoms with E-state index in [4.69, 9.17) is 16.7 Å². The van der Waals surface area contributed by atoms with Crippen LogP contribution in [0.1, 0.15) is 34.1 Å². The van der Waals surface area contributed by atoms with E-state index in [9.17, 15) is 4.79 Å². The van der Waals surface area contributed by atoms with Gasteiger partial charge in [0.1, 0.15) is 0 Å². The van der Waals surface area contributed by atoms with Crippen LogP contribution in [-0.4, -0.2) is 11.1 Å². The van der Waals surface area contributed by atoms with Crippen molar-refractivity contribution in [2.45, 2.75) is 34.1 Å². The maximum atomic E-state index is 10.8. The van der Waals surface area contributed by atoms with Crippen LogP contribution >= 0.6 is 11.6 Å². The molecule has 0 amide bonds. The predicted octanol–water partition coefficient (Wildman–Crippen LogP) is 3.27. The second-order valence-corrected chi connectivity index (χ2v) is 4.25. The van der Waals surface area contributed by atoms with Crippen molar-refractivity contribution < 1.29 is 9.90 Å². The molecular formula is C10H17ClO2. The molecule has 76 valence electrons. The third-order valence-electron chi connectivity index (χ3n) is 2.06. The van der Waals surface area contributed by atoms with Gasteiger partial charge in [0.15, 0.2) is 0 Å². The van der Waals surface area contributed by atoms with E-state index >= 15 is 0 Å². The van der Waals surface area contributed by atoms with E-state index in [1.54, 1.807) is 0 Å². The summed E-state index contributed by atoms with van der Waals surface area (Å²) in [7, 11) is 0. The molecule has 0 aromatic carbocycles. The zero-order chi connectivity index (χ0) is 10.6. The highest BCUT2D eigenvalue weighted by Gasteiger charge is 2.22. The molecule has 1 N–H and O–H groups in total. The summed E-state index contributed by atoms with van der Waals surface area (Å²) >= 11 is 5.91. The number of rotatable bonds is 4. The molecule has 0 aliphatic carbocycles. The number of carboxylic acids is 1. The normalized spacial score (nSPS) is 12.8. The summed E-state index contributed by atoms with van der Waals surface area (Å²) in [6.07, 6.45) is 0.441. The lowest BCUT2D eigenvalue weighted by Crippen LogP contribution is -2.19. The van der Waals surface area contributed by atoms with Gasteiger partial charge in [0.25, 0.3) is 0 Å². The van der Waals surface area contributed by atoms with Crippen molar-refractivity contribution in [2.24, 2.45) is 11.8 Å². The smallest absolute Gasteiger partial charge is 0.307 e. The third kappa shape index (κ3) is 4.32. The minimum atomic E-state index is -0.769. The topological polar surface area (TPSA) is 37.3 Å². The van der Waals surface area contributed by atoms with Gasteiger partial charge in [-0.2, -0.15) is 0 Å². The first-order valence-electron chi connectivity index (χ1n) is 4.41. The highest BCUT2D eigenvalue weighted by atomic mass is 35.5. The summed E-state index contributed by atoms with van der Waals surface area (Å²) < 4.78 is 0. The first kappa shape index (κ1) is 12.5. The fourth-order valence-electron chi connectivity index (χ4n) is 1.01. The Balaban J connectivity index is 4.45. The van der Waals surface area contributed by atoms with E-state index in [1.165, 1.54) is 0 Å². The van der Waals surface area contributed by atoms with E-state index in [1.807, 2.05) is 27.7 Å². The van der Waals surface area contributed by atoms with Crippen LogP contribution in [0.2, 0.25) is 0 Å². The lowest BCUT2D eigenvalue weighted by Gasteiger charge is -2.15. The summed E-state index contributed by atoms with van der Waals surface area (Å²) in [5.41, 5.74) is 0.994. The first-order valence-corrected chi connectivity index (χ1v) is 4.78. The van der Waals surface area contributed by atoms with Gasteiger partial charge in [0, 0.05) is 5.03 Å². The molecule has 0 aromatic rings. The molecular weight excluding hydrogens is 188 g/mol. The van der Waals surface area contributed by atoms with Crippen molar-refractivity contribution in [1.82, 2.24) is 0 Å². The van der Waals surface area contributed by atoms with Crippen molar-refractivity contribution in [3.8, 4) is 0 Å². The number of halogens is 1.